The molecular formula is C14H23ClN2O. The van der Waals surface area contributed by atoms with Crippen molar-refractivity contribution in [2.24, 2.45) is 0 Å². The number of hydrogen-bond acceptors (Lipinski definition) is 2. The summed E-state index contributed by atoms with van der Waals surface area (Å²) in [5, 5.41) is 3.01. The maximum absolute atomic E-state index is 12.0. The fourth-order valence-electron chi connectivity index (χ4n) is 1.76. The van der Waals surface area contributed by atoms with Crippen molar-refractivity contribution in [2.75, 3.05) is 20.1 Å². The van der Waals surface area contributed by atoms with Crippen molar-refractivity contribution in [2.45, 2.75) is 26.3 Å². The number of nitrogens with zero attached hydrogens (tertiary/aromatic N) is 1. The van der Waals surface area contributed by atoms with Gasteiger partial charge in [-0.1, -0.05) is 37.3 Å². The molecule has 3 nitrogen and oxygen atoms in total. The summed E-state index contributed by atoms with van der Waals surface area (Å²) in [6.45, 7) is 4.39. The summed E-state index contributed by atoms with van der Waals surface area (Å²) in [6, 6.07) is 10.1. The van der Waals surface area contributed by atoms with Crippen molar-refractivity contribution in [3.8, 4) is 0 Å². The Bertz CT molecular complexity index is 330. The molecule has 0 bridgehead atoms. The molecule has 4 heteroatoms. The van der Waals surface area contributed by atoms with E-state index in [1.807, 2.05) is 30.1 Å². The Kier molecular flexibility index (Phi) is 9.33. The zero-order valence-corrected chi connectivity index (χ0v) is 12.0. The first-order chi connectivity index (χ1) is 8.27. The fourth-order valence-corrected chi connectivity index (χ4v) is 1.76. The molecule has 102 valence electrons. The highest BCUT2D eigenvalue weighted by Crippen LogP contribution is 2.06. The quantitative estimate of drug-likeness (QED) is 0.826. The Morgan fingerprint density at radius 2 is 1.94 bits per heavy atom. The van der Waals surface area contributed by atoms with Crippen LogP contribution in [-0.4, -0.2) is 30.9 Å². The van der Waals surface area contributed by atoms with Crippen molar-refractivity contribution in [1.29, 1.82) is 0 Å². The highest BCUT2D eigenvalue weighted by Gasteiger charge is 2.11. The molecule has 0 radical (unpaired) electrons. The first kappa shape index (κ1) is 16.9. The third kappa shape index (κ3) is 6.03. The van der Waals surface area contributed by atoms with E-state index >= 15 is 0 Å². The van der Waals surface area contributed by atoms with Crippen LogP contribution in [0.15, 0.2) is 30.3 Å². The molecule has 18 heavy (non-hydrogen) atoms. The molecule has 0 atom stereocenters. The van der Waals surface area contributed by atoms with E-state index < -0.39 is 0 Å². The zero-order chi connectivity index (χ0) is 12.5. The van der Waals surface area contributed by atoms with Crippen LogP contribution < -0.4 is 5.32 Å². The maximum atomic E-state index is 12.0. The molecule has 0 fully saturated rings. The molecule has 0 unspecified atom stereocenters. The molecule has 1 aromatic carbocycles. The number of carbonyl (C=O) groups excluding carboxylic acids is 1. The second kappa shape index (κ2) is 9.92. The van der Waals surface area contributed by atoms with Crippen LogP contribution in [0.4, 0.5) is 0 Å². The van der Waals surface area contributed by atoms with E-state index in [9.17, 15) is 4.79 Å². The summed E-state index contributed by atoms with van der Waals surface area (Å²) >= 11 is 0. The summed E-state index contributed by atoms with van der Waals surface area (Å²) in [7, 11) is 1.87. The van der Waals surface area contributed by atoms with Gasteiger partial charge in [0, 0.05) is 26.1 Å². The van der Waals surface area contributed by atoms with Crippen LogP contribution in [0.2, 0.25) is 0 Å². The minimum atomic E-state index is 0. The molecule has 0 saturated heterocycles. The van der Waals surface area contributed by atoms with Crippen LogP contribution in [0, 0.1) is 0 Å². The van der Waals surface area contributed by atoms with E-state index in [0.717, 1.165) is 26.1 Å². The monoisotopic (exact) mass is 270 g/mol. The highest BCUT2D eigenvalue weighted by molar-refractivity contribution is 5.85. The Morgan fingerprint density at radius 1 is 1.28 bits per heavy atom. The van der Waals surface area contributed by atoms with Crippen LogP contribution in [0.3, 0.4) is 0 Å². The van der Waals surface area contributed by atoms with Gasteiger partial charge in [0.15, 0.2) is 0 Å². The number of carbonyl (C=O) groups is 1. The average molecular weight is 271 g/mol. The molecule has 0 aromatic heterocycles. The number of rotatable bonds is 7. The topological polar surface area (TPSA) is 32.3 Å². The van der Waals surface area contributed by atoms with Gasteiger partial charge in [-0.25, -0.2) is 0 Å². The van der Waals surface area contributed by atoms with Crippen molar-refractivity contribution in [3.05, 3.63) is 35.9 Å². The molecule has 1 amide bonds. The molecule has 1 N–H and O–H groups in total. The standard InChI is InChI=1S/C14H22N2O.ClH/c1-3-11-16(14(17)9-10-15-2)12-13-7-5-4-6-8-13;/h4-8,15H,3,9-12H2,1-2H3;1H. The van der Waals surface area contributed by atoms with Crippen LogP contribution in [0.5, 0.6) is 0 Å². The van der Waals surface area contributed by atoms with Gasteiger partial charge in [-0.2, -0.15) is 0 Å². The number of benzene rings is 1. The summed E-state index contributed by atoms with van der Waals surface area (Å²) in [4.78, 5) is 13.9. The first-order valence-corrected chi connectivity index (χ1v) is 6.24. The number of nitrogens with one attached hydrogen (secondary N) is 1. The van der Waals surface area contributed by atoms with Crippen LogP contribution in [0.1, 0.15) is 25.3 Å². The average Bonchev–Trinajstić information content (AvgIpc) is 2.36. The zero-order valence-electron chi connectivity index (χ0n) is 11.2. The van der Waals surface area contributed by atoms with Crippen LogP contribution in [0.25, 0.3) is 0 Å². The highest BCUT2D eigenvalue weighted by atomic mass is 35.5. The smallest absolute Gasteiger partial charge is 0.224 e. The Labute approximate surface area is 116 Å². The lowest BCUT2D eigenvalue weighted by Gasteiger charge is -2.22. The van der Waals surface area contributed by atoms with E-state index in [1.54, 1.807) is 0 Å². The third-order valence-corrected chi connectivity index (χ3v) is 2.65. The predicted molar refractivity (Wildman–Crippen MR) is 77.9 cm³/mol. The van der Waals surface area contributed by atoms with Crippen LogP contribution in [-0.2, 0) is 11.3 Å². The summed E-state index contributed by atoms with van der Waals surface area (Å²) < 4.78 is 0. The molecule has 0 saturated carbocycles. The molecule has 0 aliphatic carbocycles. The Hall–Kier alpha value is -1.06. The molecule has 0 spiro atoms. The maximum Gasteiger partial charge on any atom is 0.224 e. The third-order valence-electron chi connectivity index (χ3n) is 2.65. The van der Waals surface area contributed by atoms with Gasteiger partial charge in [0.05, 0.1) is 0 Å². The van der Waals surface area contributed by atoms with E-state index in [4.69, 9.17) is 0 Å². The molecule has 1 rings (SSSR count). The van der Waals surface area contributed by atoms with Crippen LogP contribution >= 0.6 is 12.4 Å². The lowest BCUT2D eigenvalue weighted by atomic mass is 10.2. The lowest BCUT2D eigenvalue weighted by molar-refractivity contribution is -0.131. The predicted octanol–water partition coefficient (Wildman–Crippen LogP) is 2.46. The molecule has 1 aromatic rings. The van der Waals surface area contributed by atoms with Gasteiger partial charge in [0.25, 0.3) is 0 Å². The molecule has 0 aliphatic heterocycles. The van der Waals surface area contributed by atoms with Crippen molar-refractivity contribution < 1.29 is 4.79 Å². The van der Waals surface area contributed by atoms with Gasteiger partial charge >= 0.3 is 0 Å². The summed E-state index contributed by atoms with van der Waals surface area (Å²) in [5.41, 5.74) is 1.19. The number of amides is 1. The van der Waals surface area contributed by atoms with E-state index in [-0.39, 0.29) is 18.3 Å². The molecule has 0 heterocycles. The molecular weight excluding hydrogens is 248 g/mol. The first-order valence-electron chi connectivity index (χ1n) is 6.24. The van der Waals surface area contributed by atoms with Crippen molar-refractivity contribution in [1.82, 2.24) is 10.2 Å². The van der Waals surface area contributed by atoms with Crippen molar-refractivity contribution in [3.63, 3.8) is 0 Å². The minimum Gasteiger partial charge on any atom is -0.338 e. The number of halogens is 1. The second-order valence-electron chi connectivity index (χ2n) is 4.15. The largest absolute Gasteiger partial charge is 0.338 e. The summed E-state index contributed by atoms with van der Waals surface area (Å²) in [6.07, 6.45) is 1.57. The fraction of sp³-hybridized carbons (Fsp3) is 0.500. The SMILES string of the molecule is CCCN(Cc1ccccc1)C(=O)CCNC.Cl. The van der Waals surface area contributed by atoms with Gasteiger partial charge < -0.3 is 10.2 Å². The van der Waals surface area contributed by atoms with E-state index in [1.165, 1.54) is 5.56 Å². The van der Waals surface area contributed by atoms with E-state index in [0.29, 0.717) is 6.42 Å². The van der Waals surface area contributed by atoms with Gasteiger partial charge in [-0.3, -0.25) is 4.79 Å². The Morgan fingerprint density at radius 3 is 2.50 bits per heavy atom. The van der Waals surface area contributed by atoms with E-state index in [2.05, 4.69) is 24.4 Å². The normalized spacial score (nSPS) is 9.67. The van der Waals surface area contributed by atoms with Gasteiger partial charge in [-0.15, -0.1) is 12.4 Å². The molecule has 0 aliphatic rings. The number of hydrogen-bond donors (Lipinski definition) is 1. The Balaban J connectivity index is 0.00000289. The lowest BCUT2D eigenvalue weighted by Crippen LogP contribution is -2.33. The van der Waals surface area contributed by atoms with Crippen molar-refractivity contribution >= 4 is 18.3 Å². The van der Waals surface area contributed by atoms with Gasteiger partial charge in [0.1, 0.15) is 0 Å². The van der Waals surface area contributed by atoms with Gasteiger partial charge in [-0.05, 0) is 19.0 Å². The second-order valence-corrected chi connectivity index (χ2v) is 4.15. The van der Waals surface area contributed by atoms with Gasteiger partial charge in [0.2, 0.25) is 5.91 Å². The summed E-state index contributed by atoms with van der Waals surface area (Å²) in [5.74, 6) is 0.227. The minimum absolute atomic E-state index is 0.